The van der Waals surface area contributed by atoms with Gasteiger partial charge < -0.3 is 25.8 Å². The van der Waals surface area contributed by atoms with Crippen molar-refractivity contribution in [1.29, 1.82) is 0 Å². The number of carboxylic acid groups (broad SMARTS) is 1. The number of aliphatic carboxylic acids is 1. The van der Waals surface area contributed by atoms with Gasteiger partial charge in [-0.2, -0.15) is 0 Å². The van der Waals surface area contributed by atoms with Gasteiger partial charge >= 0.3 is 13.1 Å². The summed E-state index contributed by atoms with van der Waals surface area (Å²) in [5, 5.41) is 27.3. The Morgan fingerprint density at radius 2 is 1.68 bits per heavy atom. The van der Waals surface area contributed by atoms with E-state index in [1.54, 1.807) is 0 Å². The summed E-state index contributed by atoms with van der Waals surface area (Å²) in [6.07, 6.45) is 7.20. The van der Waals surface area contributed by atoms with Crippen LogP contribution >= 0.6 is 37.2 Å². The van der Waals surface area contributed by atoms with Crippen LogP contribution in [0.5, 0.6) is 0 Å². The minimum absolute atomic E-state index is 0. The zero-order valence-electron chi connectivity index (χ0n) is 16.5. The van der Waals surface area contributed by atoms with Crippen LogP contribution in [0.1, 0.15) is 51.4 Å². The van der Waals surface area contributed by atoms with Crippen LogP contribution in [0.15, 0.2) is 0 Å². The lowest BCUT2D eigenvalue weighted by molar-refractivity contribution is -0.144. The molecule has 5 N–H and O–H groups in total. The van der Waals surface area contributed by atoms with E-state index in [-0.39, 0.29) is 43.5 Å². The molecule has 2 atom stereocenters. The molecule has 2 rings (SSSR count). The normalized spacial score (nSPS) is 21.9. The molecular weight excluding hydrogens is 427 g/mol. The standard InChI is InChI=1S/C17H34BN3O4.3ClH/c19-17(16(22)23,7-1-2-9-18(24)25)8-13-21-12-5-6-15(21)14-20-10-3-4-11-20;;;/h15,24-25H,1-14,19H2,(H,22,23);3*1H/t15-,17?;;;/m0.../s1. The largest absolute Gasteiger partial charge is 0.480 e. The third-order valence-corrected chi connectivity index (χ3v) is 5.77. The van der Waals surface area contributed by atoms with Gasteiger partial charge in [0.1, 0.15) is 5.54 Å². The number of carbonyl (C=O) groups is 1. The molecule has 2 saturated heterocycles. The van der Waals surface area contributed by atoms with Crippen LogP contribution in [-0.4, -0.2) is 82.3 Å². The highest BCUT2D eigenvalue weighted by molar-refractivity contribution is 6.40. The van der Waals surface area contributed by atoms with Crippen LogP contribution in [0.3, 0.4) is 0 Å². The fraction of sp³-hybridized carbons (Fsp3) is 0.941. The highest BCUT2D eigenvalue weighted by Crippen LogP contribution is 2.24. The van der Waals surface area contributed by atoms with E-state index in [2.05, 4.69) is 9.80 Å². The highest BCUT2D eigenvalue weighted by Gasteiger charge is 2.35. The first-order chi connectivity index (χ1) is 11.9. The molecule has 0 aromatic carbocycles. The van der Waals surface area contributed by atoms with Crippen molar-refractivity contribution in [3.63, 3.8) is 0 Å². The fourth-order valence-electron chi connectivity index (χ4n) is 4.11. The minimum atomic E-state index is -1.33. The van der Waals surface area contributed by atoms with Crippen LogP contribution in [0.4, 0.5) is 0 Å². The molecule has 0 aliphatic carbocycles. The third kappa shape index (κ3) is 9.81. The number of unbranched alkanes of at least 4 members (excludes halogenated alkanes) is 1. The number of hydrogen-bond donors (Lipinski definition) is 4. The number of hydrogen-bond acceptors (Lipinski definition) is 6. The molecule has 7 nitrogen and oxygen atoms in total. The van der Waals surface area contributed by atoms with Gasteiger partial charge in [-0.3, -0.25) is 9.69 Å². The lowest BCUT2D eigenvalue weighted by Crippen LogP contribution is -2.51. The Hall–Kier alpha value is 0.205. The maximum atomic E-state index is 11.7. The minimum Gasteiger partial charge on any atom is -0.480 e. The van der Waals surface area contributed by atoms with Crippen molar-refractivity contribution in [2.75, 3.05) is 32.7 Å². The van der Waals surface area contributed by atoms with Gasteiger partial charge in [0, 0.05) is 19.1 Å². The number of nitrogens with zero attached hydrogens (tertiary/aromatic N) is 2. The number of rotatable bonds is 11. The predicted molar refractivity (Wildman–Crippen MR) is 120 cm³/mol. The van der Waals surface area contributed by atoms with Crippen molar-refractivity contribution < 1.29 is 19.9 Å². The van der Waals surface area contributed by atoms with E-state index in [1.165, 1.54) is 38.8 Å². The Bertz CT molecular complexity index is 434. The van der Waals surface area contributed by atoms with Gasteiger partial charge in [0.15, 0.2) is 0 Å². The van der Waals surface area contributed by atoms with Crippen LogP contribution < -0.4 is 5.73 Å². The SMILES string of the molecule is Cl.Cl.Cl.NC(CCCCB(O)O)(CCN1CCC[C@H]1CN1CCCC1)C(=O)O. The molecule has 2 fully saturated rings. The smallest absolute Gasteiger partial charge is 0.451 e. The topological polar surface area (TPSA) is 110 Å². The monoisotopic (exact) mass is 463 g/mol. The second-order valence-electron chi connectivity index (χ2n) is 7.78. The van der Waals surface area contributed by atoms with Crippen LogP contribution in [0.2, 0.25) is 6.32 Å². The number of carboxylic acids is 1. The summed E-state index contributed by atoms with van der Waals surface area (Å²) in [6, 6.07) is 0.528. The summed E-state index contributed by atoms with van der Waals surface area (Å²) in [6.45, 7) is 5.24. The Morgan fingerprint density at radius 3 is 2.25 bits per heavy atom. The summed E-state index contributed by atoms with van der Waals surface area (Å²) in [4.78, 5) is 16.6. The zero-order valence-corrected chi connectivity index (χ0v) is 19.0. The van der Waals surface area contributed by atoms with Crippen LogP contribution in [-0.2, 0) is 4.79 Å². The molecule has 0 spiro atoms. The number of nitrogens with two attached hydrogens (primary N) is 1. The molecule has 0 saturated carbocycles. The molecule has 11 heteroatoms. The second-order valence-corrected chi connectivity index (χ2v) is 7.78. The average Bonchev–Trinajstić information content (AvgIpc) is 3.22. The van der Waals surface area contributed by atoms with Crippen molar-refractivity contribution in [3.8, 4) is 0 Å². The zero-order chi connectivity index (χ0) is 18.3. The van der Waals surface area contributed by atoms with E-state index in [4.69, 9.17) is 15.8 Å². The average molecular weight is 465 g/mol. The van der Waals surface area contributed by atoms with Crippen molar-refractivity contribution in [1.82, 2.24) is 9.80 Å². The maximum absolute atomic E-state index is 11.7. The fourth-order valence-corrected chi connectivity index (χ4v) is 4.11. The first-order valence-electron chi connectivity index (χ1n) is 9.75. The lowest BCUT2D eigenvalue weighted by atomic mass is 9.81. The maximum Gasteiger partial charge on any atom is 0.451 e. The van der Waals surface area contributed by atoms with Gasteiger partial charge in [-0.15, -0.1) is 37.2 Å². The molecule has 28 heavy (non-hydrogen) atoms. The lowest BCUT2D eigenvalue weighted by Gasteiger charge is -2.32. The number of halogens is 3. The van der Waals surface area contributed by atoms with Gasteiger partial charge in [-0.25, -0.2) is 0 Å². The summed E-state index contributed by atoms with van der Waals surface area (Å²) in [5.41, 5.74) is 4.96. The van der Waals surface area contributed by atoms with E-state index in [0.717, 1.165) is 19.6 Å². The van der Waals surface area contributed by atoms with E-state index >= 15 is 0 Å². The Labute approximate surface area is 187 Å². The second kappa shape index (κ2) is 15.1. The van der Waals surface area contributed by atoms with Gasteiger partial charge in [0.05, 0.1) is 0 Å². The molecule has 0 radical (unpaired) electrons. The molecule has 0 aromatic rings. The molecule has 0 amide bonds. The molecule has 2 aliphatic rings. The van der Waals surface area contributed by atoms with Crippen molar-refractivity contribution >= 4 is 50.3 Å². The Morgan fingerprint density at radius 1 is 1.04 bits per heavy atom. The van der Waals surface area contributed by atoms with E-state index in [0.29, 0.717) is 31.7 Å². The van der Waals surface area contributed by atoms with Crippen LogP contribution in [0.25, 0.3) is 0 Å². The van der Waals surface area contributed by atoms with E-state index < -0.39 is 18.6 Å². The summed E-state index contributed by atoms with van der Waals surface area (Å²) >= 11 is 0. The molecule has 1 unspecified atom stereocenters. The van der Waals surface area contributed by atoms with Crippen LogP contribution in [0, 0.1) is 0 Å². The molecule has 2 aliphatic heterocycles. The first kappa shape index (κ1) is 30.4. The molecule has 2 heterocycles. The number of likely N-dealkylation sites (tertiary alicyclic amines) is 2. The molecular formula is C17H37BCl3N3O4. The van der Waals surface area contributed by atoms with Gasteiger partial charge in [0.25, 0.3) is 0 Å². The summed E-state index contributed by atoms with van der Waals surface area (Å²) in [7, 11) is -1.33. The van der Waals surface area contributed by atoms with Crippen molar-refractivity contribution in [2.45, 2.75) is 69.3 Å². The summed E-state index contributed by atoms with van der Waals surface area (Å²) in [5.74, 6) is -0.952. The van der Waals surface area contributed by atoms with Gasteiger partial charge in [-0.1, -0.05) is 12.8 Å². The van der Waals surface area contributed by atoms with Crippen molar-refractivity contribution in [3.05, 3.63) is 0 Å². The third-order valence-electron chi connectivity index (χ3n) is 5.77. The van der Waals surface area contributed by atoms with Crippen molar-refractivity contribution in [2.24, 2.45) is 5.73 Å². The van der Waals surface area contributed by atoms with E-state index in [9.17, 15) is 9.90 Å². The Kier molecular flexibility index (Phi) is 16.4. The molecule has 0 bridgehead atoms. The summed E-state index contributed by atoms with van der Waals surface area (Å²) < 4.78 is 0. The Balaban J connectivity index is 0. The molecule has 0 aromatic heterocycles. The predicted octanol–water partition coefficient (Wildman–Crippen LogP) is 1.63. The van der Waals surface area contributed by atoms with Gasteiger partial charge in [-0.05, 0) is 64.5 Å². The highest BCUT2D eigenvalue weighted by atomic mass is 35.5. The van der Waals surface area contributed by atoms with E-state index in [1.807, 2.05) is 0 Å². The van der Waals surface area contributed by atoms with Gasteiger partial charge in [0.2, 0.25) is 0 Å². The quantitative estimate of drug-likeness (QED) is 0.272. The molecule has 168 valence electrons. The first-order valence-corrected chi connectivity index (χ1v) is 9.75.